The molecule has 2 unspecified atom stereocenters. The van der Waals surface area contributed by atoms with Gasteiger partial charge in [-0.05, 0) is 38.5 Å². The summed E-state index contributed by atoms with van der Waals surface area (Å²) < 4.78 is 22.2. The molecule has 342 valence electrons. The molecule has 10 nitrogen and oxygen atoms in total. The van der Waals surface area contributed by atoms with Crippen LogP contribution >= 0.6 is 0 Å². The summed E-state index contributed by atoms with van der Waals surface area (Å²) in [5.41, 5.74) is 0. The van der Waals surface area contributed by atoms with Crippen LogP contribution in [0, 0.1) is 0 Å². The average molecular weight is 827 g/mol. The van der Waals surface area contributed by atoms with E-state index in [0.717, 1.165) is 44.9 Å². The first-order valence-electron chi connectivity index (χ1n) is 24.3. The highest BCUT2D eigenvalue weighted by Crippen LogP contribution is 2.23. The summed E-state index contributed by atoms with van der Waals surface area (Å²) in [6, 6.07) is 0. The van der Waals surface area contributed by atoms with Crippen molar-refractivity contribution in [3.8, 4) is 0 Å². The predicted molar refractivity (Wildman–Crippen MR) is 233 cm³/mol. The largest absolute Gasteiger partial charge is 0.462 e. The van der Waals surface area contributed by atoms with Gasteiger partial charge in [-0.25, -0.2) is 0 Å². The van der Waals surface area contributed by atoms with Crippen molar-refractivity contribution in [1.82, 2.24) is 0 Å². The Morgan fingerprint density at radius 1 is 0.517 bits per heavy atom. The Labute approximate surface area is 354 Å². The molecule has 58 heavy (non-hydrogen) atoms. The molecule has 1 aliphatic heterocycles. The van der Waals surface area contributed by atoms with Gasteiger partial charge in [0.15, 0.2) is 12.4 Å². The lowest BCUT2D eigenvalue weighted by atomic mass is 9.99. The monoisotopic (exact) mass is 827 g/mol. The van der Waals surface area contributed by atoms with Gasteiger partial charge in [0.1, 0.15) is 31.0 Å². The van der Waals surface area contributed by atoms with Crippen molar-refractivity contribution < 1.29 is 49.0 Å². The lowest BCUT2D eigenvalue weighted by molar-refractivity contribution is -0.305. The first kappa shape index (κ1) is 54.5. The van der Waals surface area contributed by atoms with E-state index in [-0.39, 0.29) is 32.0 Å². The van der Waals surface area contributed by atoms with E-state index >= 15 is 0 Å². The molecule has 6 atom stereocenters. The van der Waals surface area contributed by atoms with Crippen LogP contribution in [0.4, 0.5) is 0 Å². The van der Waals surface area contributed by atoms with Crippen LogP contribution in [0.3, 0.4) is 0 Å². The van der Waals surface area contributed by atoms with Crippen molar-refractivity contribution in [3.05, 3.63) is 12.2 Å². The number of hydrogen-bond donors (Lipinski definition) is 4. The van der Waals surface area contributed by atoms with Crippen LogP contribution in [-0.2, 0) is 28.5 Å². The molecule has 10 heteroatoms. The van der Waals surface area contributed by atoms with E-state index < -0.39 is 49.4 Å². The van der Waals surface area contributed by atoms with Crippen LogP contribution in [0.2, 0.25) is 0 Å². The smallest absolute Gasteiger partial charge is 0.306 e. The summed E-state index contributed by atoms with van der Waals surface area (Å²) in [7, 11) is 0. The van der Waals surface area contributed by atoms with E-state index in [1.807, 2.05) is 0 Å². The van der Waals surface area contributed by atoms with Crippen LogP contribution in [0.1, 0.15) is 226 Å². The molecule has 1 rings (SSSR count). The van der Waals surface area contributed by atoms with E-state index in [1.165, 1.54) is 148 Å². The standard InChI is InChI=1S/C48H90O10/c1-3-5-7-9-11-13-15-17-19-21-23-25-27-29-31-33-35-37-44(51)57-41(40-56-48-47(54)46(53)45(52)42(38-49)58-48)39-55-43(50)36-34-32-30-28-26-24-22-20-18-16-14-12-10-8-6-4-2/h17,19,41-42,45-49,52-54H,3-16,18,20-40H2,1-2H3/b19-17+/t41-,42-,45+,46?,47?,48-/m0/s1. The van der Waals surface area contributed by atoms with Crippen LogP contribution in [0.5, 0.6) is 0 Å². The summed E-state index contributed by atoms with van der Waals surface area (Å²) in [4.78, 5) is 25.4. The SMILES string of the molecule is CCCCCCCC/C=C/CCCCCCCCCC(=O)O[C@@H](COC(=O)CCCCCCCCCCCCCCCCCC)CO[C@H]1O[C@@H](CO)[C@@H](O)C(O)C1O. The predicted octanol–water partition coefficient (Wildman–Crippen LogP) is 10.7. The first-order valence-corrected chi connectivity index (χ1v) is 24.3. The van der Waals surface area contributed by atoms with Crippen LogP contribution in [0.15, 0.2) is 12.2 Å². The van der Waals surface area contributed by atoms with Crippen LogP contribution < -0.4 is 0 Å². The van der Waals surface area contributed by atoms with E-state index in [9.17, 15) is 30.0 Å². The number of rotatable bonds is 41. The van der Waals surface area contributed by atoms with Gasteiger partial charge in [0.25, 0.3) is 0 Å². The quantitative estimate of drug-likeness (QED) is 0.0266. The zero-order chi connectivity index (χ0) is 42.3. The minimum Gasteiger partial charge on any atom is -0.462 e. The van der Waals surface area contributed by atoms with Gasteiger partial charge in [0.05, 0.1) is 13.2 Å². The fourth-order valence-electron chi connectivity index (χ4n) is 7.54. The van der Waals surface area contributed by atoms with Gasteiger partial charge >= 0.3 is 11.9 Å². The molecule has 1 heterocycles. The molecular formula is C48H90O10. The van der Waals surface area contributed by atoms with E-state index in [1.54, 1.807) is 0 Å². The van der Waals surface area contributed by atoms with Crippen LogP contribution in [0.25, 0.3) is 0 Å². The van der Waals surface area contributed by atoms with Crippen LogP contribution in [-0.4, -0.2) is 89.0 Å². The van der Waals surface area contributed by atoms with Crippen molar-refractivity contribution in [3.63, 3.8) is 0 Å². The maximum atomic E-state index is 12.8. The molecule has 4 N–H and O–H groups in total. The van der Waals surface area contributed by atoms with Gasteiger partial charge in [-0.3, -0.25) is 9.59 Å². The molecular weight excluding hydrogens is 737 g/mol. The Kier molecular flexibility index (Phi) is 37.2. The van der Waals surface area contributed by atoms with Crippen molar-refractivity contribution in [2.24, 2.45) is 0 Å². The third-order valence-corrected chi connectivity index (χ3v) is 11.4. The fraction of sp³-hybridized carbons (Fsp3) is 0.917. The van der Waals surface area contributed by atoms with Gasteiger partial charge in [0, 0.05) is 12.8 Å². The third kappa shape index (κ3) is 30.5. The van der Waals surface area contributed by atoms with Gasteiger partial charge < -0.3 is 39.4 Å². The molecule has 1 aliphatic rings. The Balaban J connectivity index is 2.29. The number of esters is 2. The number of hydrogen-bond acceptors (Lipinski definition) is 10. The molecule has 0 amide bonds. The number of aliphatic hydroxyl groups is 4. The van der Waals surface area contributed by atoms with Crippen molar-refractivity contribution >= 4 is 11.9 Å². The zero-order valence-corrected chi connectivity index (χ0v) is 37.3. The van der Waals surface area contributed by atoms with Gasteiger partial charge in [0.2, 0.25) is 0 Å². The average Bonchev–Trinajstić information content (AvgIpc) is 3.22. The molecule has 0 bridgehead atoms. The second kappa shape index (κ2) is 39.6. The lowest BCUT2D eigenvalue weighted by Gasteiger charge is -2.39. The molecule has 0 aliphatic carbocycles. The van der Waals surface area contributed by atoms with Crippen molar-refractivity contribution in [1.29, 1.82) is 0 Å². The summed E-state index contributed by atoms with van der Waals surface area (Å²) >= 11 is 0. The van der Waals surface area contributed by atoms with Crippen molar-refractivity contribution in [2.45, 2.75) is 263 Å². The second-order valence-electron chi connectivity index (χ2n) is 16.9. The Morgan fingerprint density at radius 2 is 0.914 bits per heavy atom. The number of carbonyl (C=O) groups is 2. The highest BCUT2D eigenvalue weighted by atomic mass is 16.7. The van der Waals surface area contributed by atoms with Crippen molar-refractivity contribution in [2.75, 3.05) is 19.8 Å². The first-order chi connectivity index (χ1) is 28.3. The Hall–Kier alpha value is -1.56. The lowest BCUT2D eigenvalue weighted by Crippen LogP contribution is -2.59. The number of aliphatic hydroxyl groups excluding tert-OH is 4. The minimum absolute atomic E-state index is 0.213. The van der Waals surface area contributed by atoms with E-state index in [0.29, 0.717) is 6.42 Å². The van der Waals surface area contributed by atoms with E-state index in [2.05, 4.69) is 26.0 Å². The van der Waals surface area contributed by atoms with Gasteiger partial charge in [-0.15, -0.1) is 0 Å². The summed E-state index contributed by atoms with van der Waals surface area (Å²) in [5.74, 6) is -0.799. The minimum atomic E-state index is -1.59. The maximum Gasteiger partial charge on any atom is 0.306 e. The summed E-state index contributed by atoms with van der Waals surface area (Å²) in [5, 5.41) is 40.1. The molecule has 0 saturated carbocycles. The highest BCUT2D eigenvalue weighted by molar-refractivity contribution is 5.70. The zero-order valence-electron chi connectivity index (χ0n) is 37.3. The molecule has 0 aromatic carbocycles. The molecule has 0 radical (unpaired) electrons. The summed E-state index contributed by atoms with van der Waals surface area (Å²) in [6.45, 7) is 3.45. The second-order valence-corrected chi connectivity index (χ2v) is 16.9. The molecule has 0 aromatic heterocycles. The van der Waals surface area contributed by atoms with Gasteiger partial charge in [-0.1, -0.05) is 187 Å². The number of unbranched alkanes of at least 4 members (excludes halogenated alkanes) is 28. The fourth-order valence-corrected chi connectivity index (χ4v) is 7.54. The molecule has 0 spiro atoms. The Morgan fingerprint density at radius 3 is 1.34 bits per heavy atom. The molecule has 0 aromatic rings. The highest BCUT2D eigenvalue weighted by Gasteiger charge is 2.44. The number of ether oxygens (including phenoxy) is 4. The number of carbonyl (C=O) groups excluding carboxylic acids is 2. The molecule has 1 saturated heterocycles. The summed E-state index contributed by atoms with van der Waals surface area (Å²) in [6.07, 6.45) is 35.0. The van der Waals surface area contributed by atoms with E-state index in [4.69, 9.17) is 18.9 Å². The third-order valence-electron chi connectivity index (χ3n) is 11.4. The maximum absolute atomic E-state index is 12.8. The normalized spacial score (nSPS) is 20.1. The van der Waals surface area contributed by atoms with Gasteiger partial charge in [-0.2, -0.15) is 0 Å². The molecule has 1 fully saturated rings. The number of allylic oxidation sites excluding steroid dienone is 2. The Bertz CT molecular complexity index is 959. The topological polar surface area (TPSA) is 152 Å².